The molecule has 0 aliphatic carbocycles. The standard InChI is InChI=1S/C12H13ClF3NO2/c1-7(2)17(6-12(14,15)16)11(19)8-3-4-10(18)9(13)5-8/h3-5,7,18H,6H2,1-2H3. The van der Waals surface area contributed by atoms with Crippen LogP contribution in [0.4, 0.5) is 13.2 Å². The molecule has 0 atom stereocenters. The Balaban J connectivity index is 3.02. The third kappa shape index (κ3) is 4.31. The molecule has 0 unspecified atom stereocenters. The van der Waals surface area contributed by atoms with Crippen LogP contribution in [0.2, 0.25) is 5.02 Å². The predicted molar refractivity (Wildman–Crippen MR) is 65.3 cm³/mol. The van der Waals surface area contributed by atoms with E-state index >= 15 is 0 Å². The summed E-state index contributed by atoms with van der Waals surface area (Å²) in [5.74, 6) is -1.01. The maximum Gasteiger partial charge on any atom is 0.406 e. The van der Waals surface area contributed by atoms with Crippen LogP contribution in [0.3, 0.4) is 0 Å². The number of phenols is 1. The van der Waals surface area contributed by atoms with Gasteiger partial charge in [-0.3, -0.25) is 4.79 Å². The lowest BCUT2D eigenvalue weighted by molar-refractivity contribution is -0.143. The van der Waals surface area contributed by atoms with Gasteiger partial charge in [0.05, 0.1) is 5.02 Å². The lowest BCUT2D eigenvalue weighted by atomic mass is 10.1. The van der Waals surface area contributed by atoms with Crippen molar-refractivity contribution in [3.8, 4) is 5.75 Å². The Bertz CT molecular complexity index is 475. The van der Waals surface area contributed by atoms with Crippen LogP contribution in [-0.2, 0) is 0 Å². The van der Waals surface area contributed by atoms with Crippen molar-refractivity contribution in [3.63, 3.8) is 0 Å². The van der Waals surface area contributed by atoms with Crippen LogP contribution in [0.15, 0.2) is 18.2 Å². The summed E-state index contributed by atoms with van der Waals surface area (Å²) in [5.41, 5.74) is 0.000694. The van der Waals surface area contributed by atoms with Gasteiger partial charge in [0.25, 0.3) is 5.91 Å². The van der Waals surface area contributed by atoms with E-state index in [1.165, 1.54) is 26.0 Å². The first-order chi connectivity index (χ1) is 8.61. The first kappa shape index (κ1) is 15.6. The molecular formula is C12H13ClF3NO2. The number of benzene rings is 1. The van der Waals surface area contributed by atoms with Gasteiger partial charge < -0.3 is 10.0 Å². The summed E-state index contributed by atoms with van der Waals surface area (Å²) in [6.07, 6.45) is -4.47. The Morgan fingerprint density at radius 2 is 2.00 bits per heavy atom. The van der Waals surface area contributed by atoms with Gasteiger partial charge in [-0.2, -0.15) is 13.2 Å². The average molecular weight is 296 g/mol. The molecule has 3 nitrogen and oxygen atoms in total. The Kier molecular flexibility index (Phi) is 4.68. The number of hydrogen-bond donors (Lipinski definition) is 1. The number of carbonyl (C=O) groups is 1. The summed E-state index contributed by atoms with van der Waals surface area (Å²) in [4.78, 5) is 12.7. The van der Waals surface area contributed by atoms with Gasteiger partial charge in [-0.1, -0.05) is 11.6 Å². The zero-order chi connectivity index (χ0) is 14.8. The number of rotatable bonds is 3. The third-order valence-corrected chi connectivity index (χ3v) is 2.73. The van der Waals surface area contributed by atoms with Gasteiger partial charge in [0.2, 0.25) is 0 Å². The summed E-state index contributed by atoms with van der Waals surface area (Å²) in [6.45, 7) is 1.65. The molecule has 0 bridgehead atoms. The molecule has 0 saturated carbocycles. The number of phenolic OH excluding ortho intramolecular Hbond substituents is 1. The van der Waals surface area contributed by atoms with Crippen molar-refractivity contribution < 1.29 is 23.1 Å². The molecule has 0 radical (unpaired) electrons. The number of alkyl halides is 3. The Hall–Kier alpha value is -1.43. The van der Waals surface area contributed by atoms with Gasteiger partial charge in [0, 0.05) is 11.6 Å². The fourth-order valence-electron chi connectivity index (χ4n) is 1.49. The zero-order valence-corrected chi connectivity index (χ0v) is 11.1. The topological polar surface area (TPSA) is 40.5 Å². The molecule has 1 aromatic rings. The molecular weight excluding hydrogens is 283 g/mol. The highest BCUT2D eigenvalue weighted by Gasteiger charge is 2.34. The smallest absolute Gasteiger partial charge is 0.406 e. The minimum absolute atomic E-state index is 0.000694. The molecule has 1 aromatic carbocycles. The third-order valence-electron chi connectivity index (χ3n) is 2.43. The van der Waals surface area contributed by atoms with Crippen molar-refractivity contribution in [2.45, 2.75) is 26.1 Å². The monoisotopic (exact) mass is 295 g/mol. The van der Waals surface area contributed by atoms with Crippen LogP contribution >= 0.6 is 11.6 Å². The molecule has 0 saturated heterocycles. The second kappa shape index (κ2) is 5.69. The van der Waals surface area contributed by atoms with E-state index < -0.39 is 24.7 Å². The number of nitrogens with zero attached hydrogens (tertiary/aromatic N) is 1. The maximum atomic E-state index is 12.4. The van der Waals surface area contributed by atoms with E-state index in [4.69, 9.17) is 11.6 Å². The van der Waals surface area contributed by atoms with Crippen molar-refractivity contribution >= 4 is 17.5 Å². The van der Waals surface area contributed by atoms with Crippen molar-refractivity contribution in [2.24, 2.45) is 0 Å². The second-order valence-electron chi connectivity index (χ2n) is 4.31. The largest absolute Gasteiger partial charge is 0.506 e. The number of amides is 1. The van der Waals surface area contributed by atoms with E-state index in [9.17, 15) is 23.1 Å². The quantitative estimate of drug-likeness (QED) is 0.928. The number of halogens is 4. The molecule has 0 aliphatic heterocycles. The zero-order valence-electron chi connectivity index (χ0n) is 10.3. The average Bonchev–Trinajstić information content (AvgIpc) is 2.27. The first-order valence-corrected chi connectivity index (χ1v) is 5.86. The van der Waals surface area contributed by atoms with Crippen LogP contribution < -0.4 is 0 Å². The lowest BCUT2D eigenvalue weighted by Crippen LogP contribution is -2.43. The highest BCUT2D eigenvalue weighted by atomic mass is 35.5. The maximum absolute atomic E-state index is 12.4. The van der Waals surface area contributed by atoms with E-state index in [0.29, 0.717) is 4.90 Å². The van der Waals surface area contributed by atoms with Crippen LogP contribution in [0.5, 0.6) is 5.75 Å². The van der Waals surface area contributed by atoms with Crippen LogP contribution in [0.1, 0.15) is 24.2 Å². The van der Waals surface area contributed by atoms with E-state index in [0.717, 1.165) is 6.07 Å². The minimum Gasteiger partial charge on any atom is -0.506 e. The molecule has 106 valence electrons. The van der Waals surface area contributed by atoms with Gasteiger partial charge >= 0.3 is 6.18 Å². The van der Waals surface area contributed by atoms with Crippen molar-refractivity contribution in [2.75, 3.05) is 6.54 Å². The molecule has 0 fully saturated rings. The van der Waals surface area contributed by atoms with Gasteiger partial charge in [0.15, 0.2) is 0 Å². The molecule has 19 heavy (non-hydrogen) atoms. The molecule has 0 spiro atoms. The van der Waals surface area contributed by atoms with Crippen LogP contribution in [-0.4, -0.2) is 34.7 Å². The lowest BCUT2D eigenvalue weighted by Gasteiger charge is -2.27. The Morgan fingerprint density at radius 3 is 2.42 bits per heavy atom. The molecule has 0 aliphatic rings. The fourth-order valence-corrected chi connectivity index (χ4v) is 1.67. The SMILES string of the molecule is CC(C)N(CC(F)(F)F)C(=O)c1ccc(O)c(Cl)c1. The first-order valence-electron chi connectivity index (χ1n) is 5.48. The fraction of sp³-hybridized carbons (Fsp3) is 0.417. The molecule has 1 rings (SSSR count). The normalized spacial score (nSPS) is 11.7. The van der Waals surface area contributed by atoms with Crippen LogP contribution in [0.25, 0.3) is 0 Å². The highest BCUT2D eigenvalue weighted by Crippen LogP contribution is 2.26. The summed E-state index contributed by atoms with van der Waals surface area (Å²) < 4.78 is 37.3. The number of carbonyl (C=O) groups excluding carboxylic acids is 1. The molecule has 0 heterocycles. The molecule has 7 heteroatoms. The Morgan fingerprint density at radius 1 is 1.42 bits per heavy atom. The van der Waals surface area contributed by atoms with E-state index in [1.54, 1.807) is 0 Å². The van der Waals surface area contributed by atoms with Gasteiger partial charge in [0.1, 0.15) is 12.3 Å². The van der Waals surface area contributed by atoms with Crippen LogP contribution in [0, 0.1) is 0 Å². The number of hydrogen-bond acceptors (Lipinski definition) is 2. The molecule has 1 amide bonds. The minimum atomic E-state index is -4.47. The van der Waals surface area contributed by atoms with Gasteiger partial charge in [-0.25, -0.2) is 0 Å². The molecule has 0 aromatic heterocycles. The van der Waals surface area contributed by atoms with E-state index in [1.807, 2.05) is 0 Å². The van der Waals surface area contributed by atoms with Crippen molar-refractivity contribution in [1.29, 1.82) is 0 Å². The summed E-state index contributed by atoms with van der Waals surface area (Å²) >= 11 is 5.63. The van der Waals surface area contributed by atoms with Crippen molar-refractivity contribution in [3.05, 3.63) is 28.8 Å². The summed E-state index contributed by atoms with van der Waals surface area (Å²) in [6, 6.07) is 2.93. The molecule has 1 N–H and O–H groups in total. The highest BCUT2D eigenvalue weighted by molar-refractivity contribution is 6.32. The predicted octanol–water partition coefficient (Wildman–Crippen LogP) is 3.46. The van der Waals surface area contributed by atoms with E-state index in [2.05, 4.69) is 0 Å². The van der Waals surface area contributed by atoms with E-state index in [-0.39, 0.29) is 16.3 Å². The number of aromatic hydroxyl groups is 1. The van der Waals surface area contributed by atoms with Gasteiger partial charge in [-0.05, 0) is 32.0 Å². The summed E-state index contributed by atoms with van der Waals surface area (Å²) in [7, 11) is 0. The van der Waals surface area contributed by atoms with Gasteiger partial charge in [-0.15, -0.1) is 0 Å². The summed E-state index contributed by atoms with van der Waals surface area (Å²) in [5, 5.41) is 9.14. The van der Waals surface area contributed by atoms with Crippen molar-refractivity contribution in [1.82, 2.24) is 4.90 Å². The Labute approximate surface area is 113 Å². The second-order valence-corrected chi connectivity index (χ2v) is 4.72.